The number of furan rings is 1. The highest BCUT2D eigenvalue weighted by Gasteiger charge is 2.38. The lowest BCUT2D eigenvalue weighted by atomic mass is 10.2. The van der Waals surface area contributed by atoms with E-state index in [2.05, 4.69) is 10.2 Å². The van der Waals surface area contributed by atoms with Crippen LogP contribution in [0.2, 0.25) is 0 Å². The van der Waals surface area contributed by atoms with Gasteiger partial charge in [0.05, 0.1) is 25.0 Å². The third-order valence-electron chi connectivity index (χ3n) is 5.49. The van der Waals surface area contributed by atoms with Gasteiger partial charge in [0.2, 0.25) is 0 Å². The fourth-order valence-electron chi connectivity index (χ4n) is 3.98. The first kappa shape index (κ1) is 16.0. The number of rotatable bonds is 5. The summed E-state index contributed by atoms with van der Waals surface area (Å²) in [5, 5.41) is 3.09. The van der Waals surface area contributed by atoms with E-state index in [1.54, 1.807) is 6.26 Å². The number of carbonyl (C=O) groups is 1. The molecule has 0 bridgehead atoms. The molecule has 2 saturated heterocycles. The molecule has 1 N–H and O–H groups in total. The van der Waals surface area contributed by atoms with Crippen LogP contribution in [0.25, 0.3) is 0 Å². The zero-order valence-corrected chi connectivity index (χ0v) is 14.3. The van der Waals surface area contributed by atoms with Crippen molar-refractivity contribution >= 4 is 6.03 Å². The first-order valence-corrected chi connectivity index (χ1v) is 9.17. The monoisotopic (exact) mass is 333 g/mol. The Kier molecular flexibility index (Phi) is 4.50. The fourth-order valence-corrected chi connectivity index (χ4v) is 3.98. The third-order valence-corrected chi connectivity index (χ3v) is 5.49. The summed E-state index contributed by atoms with van der Waals surface area (Å²) >= 11 is 0. The topological polar surface area (TPSA) is 58.0 Å². The number of nitrogens with one attached hydrogen (secondary N) is 1. The van der Waals surface area contributed by atoms with Crippen LogP contribution in [0.1, 0.15) is 44.4 Å². The molecule has 1 saturated carbocycles. The van der Waals surface area contributed by atoms with Gasteiger partial charge in [-0.25, -0.2) is 4.79 Å². The minimum Gasteiger partial charge on any atom is -0.467 e. The molecule has 132 valence electrons. The second-order valence-corrected chi connectivity index (χ2v) is 7.26. The van der Waals surface area contributed by atoms with E-state index in [-0.39, 0.29) is 18.2 Å². The van der Waals surface area contributed by atoms with Crippen molar-refractivity contribution in [2.45, 2.75) is 56.8 Å². The van der Waals surface area contributed by atoms with Gasteiger partial charge in [-0.3, -0.25) is 4.90 Å². The van der Waals surface area contributed by atoms with Gasteiger partial charge in [0.1, 0.15) is 5.76 Å². The van der Waals surface area contributed by atoms with Crippen LogP contribution < -0.4 is 5.32 Å². The van der Waals surface area contributed by atoms with E-state index < -0.39 is 0 Å². The van der Waals surface area contributed by atoms with Gasteiger partial charge in [-0.2, -0.15) is 0 Å². The van der Waals surface area contributed by atoms with E-state index in [9.17, 15) is 4.79 Å². The molecule has 3 aliphatic rings. The summed E-state index contributed by atoms with van der Waals surface area (Å²) < 4.78 is 11.4. The molecule has 24 heavy (non-hydrogen) atoms. The maximum atomic E-state index is 12.7. The van der Waals surface area contributed by atoms with Crippen LogP contribution in [0.15, 0.2) is 22.8 Å². The number of ether oxygens (including phenoxy) is 1. The number of amides is 2. The summed E-state index contributed by atoms with van der Waals surface area (Å²) in [6.07, 6.45) is 6.43. The van der Waals surface area contributed by atoms with Gasteiger partial charge < -0.3 is 19.4 Å². The second kappa shape index (κ2) is 6.76. The first-order valence-electron chi connectivity index (χ1n) is 9.17. The van der Waals surface area contributed by atoms with E-state index >= 15 is 0 Å². The van der Waals surface area contributed by atoms with E-state index in [4.69, 9.17) is 9.15 Å². The molecule has 0 radical (unpaired) electrons. The van der Waals surface area contributed by atoms with Crippen LogP contribution in [-0.2, 0) is 4.74 Å². The zero-order valence-electron chi connectivity index (χ0n) is 14.3. The summed E-state index contributed by atoms with van der Waals surface area (Å²) in [5.41, 5.74) is 0. The Hall–Kier alpha value is -1.53. The van der Waals surface area contributed by atoms with Crippen molar-refractivity contribution in [1.82, 2.24) is 15.1 Å². The summed E-state index contributed by atoms with van der Waals surface area (Å²) in [6.45, 7) is 5.51. The highest BCUT2D eigenvalue weighted by Crippen LogP contribution is 2.34. The molecule has 1 aromatic heterocycles. The van der Waals surface area contributed by atoms with Crippen molar-refractivity contribution in [3.63, 3.8) is 0 Å². The molecule has 1 aromatic rings. The van der Waals surface area contributed by atoms with Gasteiger partial charge in [0, 0.05) is 25.2 Å². The maximum absolute atomic E-state index is 12.7. The molecule has 6 nitrogen and oxygen atoms in total. The molecule has 0 unspecified atom stereocenters. The number of nitrogens with zero attached hydrogens (tertiary/aromatic N) is 2. The summed E-state index contributed by atoms with van der Waals surface area (Å²) in [6, 6.07) is 4.69. The molecular formula is C18H27N3O3. The smallest absolute Gasteiger partial charge is 0.318 e. The van der Waals surface area contributed by atoms with Gasteiger partial charge in [-0.1, -0.05) is 0 Å². The van der Waals surface area contributed by atoms with E-state index in [0.717, 1.165) is 31.8 Å². The van der Waals surface area contributed by atoms with Crippen molar-refractivity contribution < 1.29 is 13.9 Å². The molecule has 3 atom stereocenters. The lowest BCUT2D eigenvalue weighted by Gasteiger charge is -2.36. The number of morpholine rings is 1. The minimum atomic E-state index is -0.0391. The minimum absolute atomic E-state index is 0.00598. The van der Waals surface area contributed by atoms with Crippen molar-refractivity contribution in [3.8, 4) is 0 Å². The van der Waals surface area contributed by atoms with Gasteiger partial charge in [0.25, 0.3) is 0 Å². The summed E-state index contributed by atoms with van der Waals surface area (Å²) in [4.78, 5) is 17.2. The van der Waals surface area contributed by atoms with Gasteiger partial charge in [-0.05, 0) is 51.3 Å². The standard InChI is InChI=1S/C18H27N3O3/c1-13(17-5-3-9-23-17)21(14-6-7-14)18(22)19-10-16-11-20-8-2-4-15(20)12-24-16/h3,5,9,13-16H,2,4,6-8,10-12H2,1H3,(H,19,22)/t13-,15+,16-/m1/s1. The average molecular weight is 333 g/mol. The number of carbonyl (C=O) groups excluding carboxylic acids is 1. The molecule has 1 aliphatic carbocycles. The Morgan fingerprint density at radius 1 is 1.46 bits per heavy atom. The Bertz CT molecular complexity index is 558. The number of hydrogen-bond donors (Lipinski definition) is 1. The first-order chi connectivity index (χ1) is 11.7. The molecule has 6 heteroatoms. The maximum Gasteiger partial charge on any atom is 0.318 e. The third kappa shape index (κ3) is 3.30. The lowest BCUT2D eigenvalue weighted by molar-refractivity contribution is -0.0462. The van der Waals surface area contributed by atoms with Crippen molar-refractivity contribution in [1.29, 1.82) is 0 Å². The average Bonchev–Trinajstić information content (AvgIpc) is 3.10. The van der Waals surface area contributed by atoms with Crippen LogP contribution in [0.5, 0.6) is 0 Å². The van der Waals surface area contributed by atoms with E-state index in [0.29, 0.717) is 18.6 Å². The molecule has 4 rings (SSSR count). The molecule has 2 aliphatic heterocycles. The Labute approximate surface area is 143 Å². The quantitative estimate of drug-likeness (QED) is 0.899. The molecular weight excluding hydrogens is 306 g/mol. The SMILES string of the molecule is C[C@H](c1ccco1)N(C(=O)NC[C@@H]1CN2CCC[C@H]2CO1)C1CC1. The van der Waals surface area contributed by atoms with Crippen LogP contribution >= 0.6 is 0 Å². The van der Waals surface area contributed by atoms with Gasteiger partial charge in [-0.15, -0.1) is 0 Å². The van der Waals surface area contributed by atoms with Crippen molar-refractivity contribution in [3.05, 3.63) is 24.2 Å². The zero-order chi connectivity index (χ0) is 16.5. The Morgan fingerprint density at radius 2 is 2.33 bits per heavy atom. The molecule has 0 aromatic carbocycles. The van der Waals surface area contributed by atoms with E-state index in [1.807, 2.05) is 24.0 Å². The molecule has 3 fully saturated rings. The van der Waals surface area contributed by atoms with Crippen LogP contribution in [0.3, 0.4) is 0 Å². The summed E-state index contributed by atoms with van der Waals surface area (Å²) in [7, 11) is 0. The van der Waals surface area contributed by atoms with E-state index in [1.165, 1.54) is 19.4 Å². The van der Waals surface area contributed by atoms with Gasteiger partial charge >= 0.3 is 6.03 Å². The number of fused-ring (bicyclic) bond motifs is 1. The second-order valence-electron chi connectivity index (χ2n) is 7.26. The molecule has 0 spiro atoms. The number of hydrogen-bond acceptors (Lipinski definition) is 4. The highest BCUT2D eigenvalue weighted by molar-refractivity contribution is 5.75. The van der Waals surface area contributed by atoms with Crippen LogP contribution in [0.4, 0.5) is 4.79 Å². The van der Waals surface area contributed by atoms with Crippen molar-refractivity contribution in [2.24, 2.45) is 0 Å². The largest absolute Gasteiger partial charge is 0.467 e. The van der Waals surface area contributed by atoms with Crippen LogP contribution in [-0.4, -0.2) is 60.3 Å². The fraction of sp³-hybridized carbons (Fsp3) is 0.722. The predicted octanol–water partition coefficient (Wildman–Crippen LogP) is 2.38. The molecule has 2 amide bonds. The Morgan fingerprint density at radius 3 is 3.08 bits per heavy atom. The molecule has 3 heterocycles. The predicted molar refractivity (Wildman–Crippen MR) is 89.7 cm³/mol. The van der Waals surface area contributed by atoms with Crippen LogP contribution in [0, 0.1) is 0 Å². The lowest BCUT2D eigenvalue weighted by Crippen LogP contribution is -2.52. The highest BCUT2D eigenvalue weighted by atomic mass is 16.5. The number of urea groups is 1. The van der Waals surface area contributed by atoms with Gasteiger partial charge in [0.15, 0.2) is 0 Å². The Balaban J connectivity index is 1.32. The summed E-state index contributed by atoms with van der Waals surface area (Å²) in [5.74, 6) is 0.839. The van der Waals surface area contributed by atoms with Crippen molar-refractivity contribution in [2.75, 3.05) is 26.2 Å². The normalized spacial score (nSPS) is 28.4.